The van der Waals surface area contributed by atoms with Crippen LogP contribution in [0.5, 0.6) is 0 Å². The van der Waals surface area contributed by atoms with Crippen molar-refractivity contribution in [3.63, 3.8) is 0 Å². The van der Waals surface area contributed by atoms with Gasteiger partial charge in [-0.25, -0.2) is 4.90 Å². The van der Waals surface area contributed by atoms with E-state index in [0.717, 1.165) is 5.56 Å². The zero-order valence-corrected chi connectivity index (χ0v) is 12.6. The Labute approximate surface area is 132 Å². The molecule has 1 N–H and O–H groups in total. The number of benzene rings is 1. The van der Waals surface area contributed by atoms with Gasteiger partial charge in [0.2, 0.25) is 11.8 Å². The number of nitrogens with zero attached hydrogens (tertiary/aromatic N) is 1. The molecule has 2 saturated heterocycles. The molecule has 3 aliphatic heterocycles. The van der Waals surface area contributed by atoms with Crippen LogP contribution in [0.3, 0.4) is 0 Å². The van der Waals surface area contributed by atoms with Gasteiger partial charge in [-0.2, -0.15) is 0 Å². The number of hydrogen-bond acceptors (Lipinski definition) is 4. The average molecular weight is 320 g/mol. The fourth-order valence-electron chi connectivity index (χ4n) is 3.66. The number of halogens is 1. The van der Waals surface area contributed by atoms with Crippen LogP contribution in [-0.4, -0.2) is 35.2 Å². The summed E-state index contributed by atoms with van der Waals surface area (Å²) in [5.41, 5.74) is 0.278. The number of hydrogen-bond donors (Lipinski definition) is 1. The molecule has 4 atom stereocenters. The Hall–Kier alpha value is -1.69. The molecule has 0 saturated carbocycles. The molecule has 0 spiro atoms. The van der Waals surface area contributed by atoms with Crippen LogP contribution in [0.4, 0.5) is 5.69 Å². The SMILES string of the molecule is Cc1ccc(N2C(=O)[C@@H]3[C@H]4C=C[C@@](CO)(O4)[C@H]3C2=O)cc1Cl. The third-order valence-electron chi connectivity index (χ3n) is 4.82. The van der Waals surface area contributed by atoms with E-state index in [1.54, 1.807) is 30.4 Å². The van der Waals surface area contributed by atoms with Gasteiger partial charge in [0.15, 0.2) is 0 Å². The summed E-state index contributed by atoms with van der Waals surface area (Å²) in [6, 6.07) is 5.10. The summed E-state index contributed by atoms with van der Waals surface area (Å²) in [4.78, 5) is 26.7. The molecule has 1 aromatic carbocycles. The van der Waals surface area contributed by atoms with Gasteiger partial charge in [-0.3, -0.25) is 9.59 Å². The van der Waals surface area contributed by atoms with E-state index in [4.69, 9.17) is 16.3 Å². The monoisotopic (exact) mass is 319 g/mol. The van der Waals surface area contributed by atoms with Crippen molar-refractivity contribution >= 4 is 29.1 Å². The Morgan fingerprint density at radius 2 is 2.14 bits per heavy atom. The number of carbonyl (C=O) groups excluding carboxylic acids is 2. The quantitative estimate of drug-likeness (QED) is 0.662. The highest BCUT2D eigenvalue weighted by Crippen LogP contribution is 2.52. The molecule has 0 aromatic heterocycles. The first-order chi connectivity index (χ1) is 10.5. The molecule has 3 heterocycles. The molecule has 2 fully saturated rings. The van der Waals surface area contributed by atoms with E-state index in [-0.39, 0.29) is 18.4 Å². The molecule has 5 nitrogen and oxygen atoms in total. The van der Waals surface area contributed by atoms with E-state index in [9.17, 15) is 14.7 Å². The molecule has 22 heavy (non-hydrogen) atoms. The lowest BCUT2D eigenvalue weighted by molar-refractivity contribution is -0.128. The van der Waals surface area contributed by atoms with E-state index in [2.05, 4.69) is 0 Å². The molecule has 0 unspecified atom stereocenters. The number of amides is 2. The number of imide groups is 1. The van der Waals surface area contributed by atoms with Crippen LogP contribution in [0.15, 0.2) is 30.4 Å². The van der Waals surface area contributed by atoms with Crippen LogP contribution in [0.25, 0.3) is 0 Å². The van der Waals surface area contributed by atoms with Gasteiger partial charge in [0.05, 0.1) is 30.2 Å². The number of aliphatic hydroxyl groups excluding tert-OH is 1. The van der Waals surface area contributed by atoms with Crippen LogP contribution in [-0.2, 0) is 14.3 Å². The number of aryl methyl sites for hydroxylation is 1. The van der Waals surface area contributed by atoms with E-state index < -0.39 is 23.5 Å². The van der Waals surface area contributed by atoms with Crippen molar-refractivity contribution in [1.82, 2.24) is 0 Å². The molecule has 6 heteroatoms. The lowest BCUT2D eigenvalue weighted by Gasteiger charge is -2.26. The fourth-order valence-corrected chi connectivity index (χ4v) is 3.83. The summed E-state index contributed by atoms with van der Waals surface area (Å²) >= 11 is 6.11. The Morgan fingerprint density at radius 1 is 1.36 bits per heavy atom. The maximum Gasteiger partial charge on any atom is 0.241 e. The Bertz CT molecular complexity index is 731. The molecule has 0 aliphatic carbocycles. The number of fused-ring (bicyclic) bond motifs is 5. The van der Waals surface area contributed by atoms with Crippen molar-refractivity contribution in [2.45, 2.75) is 18.6 Å². The minimum absolute atomic E-state index is 0.292. The van der Waals surface area contributed by atoms with E-state index in [1.165, 1.54) is 4.90 Å². The van der Waals surface area contributed by atoms with Gasteiger partial charge in [0.25, 0.3) is 0 Å². The highest BCUT2D eigenvalue weighted by molar-refractivity contribution is 6.32. The highest BCUT2D eigenvalue weighted by Gasteiger charge is 2.67. The van der Waals surface area contributed by atoms with Gasteiger partial charge in [-0.15, -0.1) is 0 Å². The first-order valence-electron chi connectivity index (χ1n) is 7.10. The van der Waals surface area contributed by atoms with Crippen LogP contribution < -0.4 is 4.90 Å². The molecule has 1 aromatic rings. The maximum absolute atomic E-state index is 12.8. The first kappa shape index (κ1) is 13.9. The average Bonchev–Trinajstić information content (AvgIpc) is 3.14. The predicted octanol–water partition coefficient (Wildman–Crippen LogP) is 1.45. The second kappa shape index (κ2) is 4.41. The molecule has 2 bridgehead atoms. The molecule has 3 aliphatic rings. The van der Waals surface area contributed by atoms with Crippen molar-refractivity contribution in [2.75, 3.05) is 11.5 Å². The first-order valence-corrected chi connectivity index (χ1v) is 7.48. The normalized spacial score (nSPS) is 35.6. The van der Waals surface area contributed by atoms with Crippen LogP contribution >= 0.6 is 11.6 Å². The van der Waals surface area contributed by atoms with Gasteiger partial charge in [-0.05, 0) is 24.6 Å². The maximum atomic E-state index is 12.8. The summed E-state index contributed by atoms with van der Waals surface area (Å²) in [6.07, 6.45) is 3.02. The third kappa shape index (κ3) is 1.56. The van der Waals surface area contributed by atoms with Crippen LogP contribution in [0.1, 0.15) is 5.56 Å². The summed E-state index contributed by atoms with van der Waals surface area (Å²) in [6.45, 7) is 1.54. The molecule has 0 radical (unpaired) electrons. The Kier molecular flexibility index (Phi) is 2.79. The second-order valence-electron chi connectivity index (χ2n) is 6.00. The summed E-state index contributed by atoms with van der Waals surface area (Å²) in [5.74, 6) is -1.86. The molecule has 4 rings (SSSR count). The largest absolute Gasteiger partial charge is 0.393 e. The van der Waals surface area contributed by atoms with E-state index in [0.29, 0.717) is 10.7 Å². The predicted molar refractivity (Wildman–Crippen MR) is 79.5 cm³/mol. The Morgan fingerprint density at radius 3 is 2.82 bits per heavy atom. The second-order valence-corrected chi connectivity index (χ2v) is 6.41. The summed E-state index contributed by atoms with van der Waals surface area (Å²) < 4.78 is 5.69. The van der Waals surface area contributed by atoms with Gasteiger partial charge in [0, 0.05) is 5.02 Å². The van der Waals surface area contributed by atoms with E-state index in [1.807, 2.05) is 6.92 Å². The molecule has 114 valence electrons. The zero-order chi connectivity index (χ0) is 15.6. The number of carbonyl (C=O) groups is 2. The van der Waals surface area contributed by atoms with Gasteiger partial charge in [0.1, 0.15) is 5.60 Å². The zero-order valence-electron chi connectivity index (χ0n) is 11.8. The number of aliphatic hydroxyl groups is 1. The minimum atomic E-state index is -1.06. The molecular weight excluding hydrogens is 306 g/mol. The van der Waals surface area contributed by atoms with Crippen molar-refractivity contribution in [1.29, 1.82) is 0 Å². The lowest BCUT2D eigenvalue weighted by Crippen LogP contribution is -2.43. The van der Waals surface area contributed by atoms with Crippen LogP contribution in [0.2, 0.25) is 5.02 Å². The van der Waals surface area contributed by atoms with Crippen molar-refractivity contribution < 1.29 is 19.4 Å². The van der Waals surface area contributed by atoms with Crippen molar-refractivity contribution in [3.05, 3.63) is 40.9 Å². The lowest BCUT2D eigenvalue weighted by atomic mass is 9.77. The standard InChI is InChI=1S/C16H14ClNO4/c1-8-2-3-9(6-10(8)17)18-14(20)12-11-4-5-16(7-19,22-11)13(12)15(18)21/h2-6,11-13,19H,7H2,1H3/t11-,12-,13-,16+/m1/s1. The van der Waals surface area contributed by atoms with Crippen molar-refractivity contribution in [2.24, 2.45) is 11.8 Å². The number of ether oxygens (including phenoxy) is 1. The topological polar surface area (TPSA) is 66.8 Å². The van der Waals surface area contributed by atoms with Gasteiger partial charge in [-0.1, -0.05) is 29.8 Å². The number of rotatable bonds is 2. The highest BCUT2D eigenvalue weighted by atomic mass is 35.5. The summed E-state index contributed by atoms with van der Waals surface area (Å²) in [5, 5.41) is 10.2. The smallest absolute Gasteiger partial charge is 0.241 e. The van der Waals surface area contributed by atoms with Crippen molar-refractivity contribution in [3.8, 4) is 0 Å². The Balaban J connectivity index is 1.77. The fraction of sp³-hybridized carbons (Fsp3) is 0.375. The molecular formula is C16H14ClNO4. The van der Waals surface area contributed by atoms with E-state index >= 15 is 0 Å². The molecule has 2 amide bonds. The van der Waals surface area contributed by atoms with Gasteiger partial charge >= 0.3 is 0 Å². The summed E-state index contributed by atoms with van der Waals surface area (Å²) in [7, 11) is 0. The third-order valence-corrected chi connectivity index (χ3v) is 5.22. The van der Waals surface area contributed by atoms with Gasteiger partial charge < -0.3 is 9.84 Å². The van der Waals surface area contributed by atoms with Crippen LogP contribution in [0, 0.1) is 18.8 Å². The minimum Gasteiger partial charge on any atom is -0.393 e. The number of anilines is 1.